The van der Waals surface area contributed by atoms with Gasteiger partial charge in [-0.25, -0.2) is 4.79 Å². The van der Waals surface area contributed by atoms with E-state index >= 15 is 0 Å². The molecule has 1 N–H and O–H groups in total. The molecule has 0 aromatic rings. The number of rotatable bonds is 2. The summed E-state index contributed by atoms with van der Waals surface area (Å²) in [7, 11) is 3.36. The van der Waals surface area contributed by atoms with Crippen molar-refractivity contribution in [3.8, 4) is 0 Å². The Bertz CT molecular complexity index is 266. The summed E-state index contributed by atoms with van der Waals surface area (Å²) in [6.07, 6.45) is 2.23. The SMILES string of the molecule is CC1CCCN(C(=O)NCC(=O)N(C)C)C1. The number of urea groups is 1. The van der Waals surface area contributed by atoms with Gasteiger partial charge >= 0.3 is 6.03 Å². The van der Waals surface area contributed by atoms with Crippen LogP contribution in [0, 0.1) is 5.92 Å². The Hall–Kier alpha value is -1.26. The lowest BCUT2D eigenvalue weighted by atomic mass is 10.0. The number of nitrogens with zero attached hydrogens (tertiary/aromatic N) is 2. The molecule has 1 fully saturated rings. The summed E-state index contributed by atoms with van der Waals surface area (Å²) in [5, 5.41) is 2.65. The van der Waals surface area contributed by atoms with Gasteiger partial charge in [0.2, 0.25) is 5.91 Å². The smallest absolute Gasteiger partial charge is 0.317 e. The van der Waals surface area contributed by atoms with E-state index in [1.165, 1.54) is 11.3 Å². The molecule has 3 amide bonds. The van der Waals surface area contributed by atoms with Crippen LogP contribution in [0.3, 0.4) is 0 Å². The van der Waals surface area contributed by atoms with Crippen LogP contribution in [0.25, 0.3) is 0 Å². The van der Waals surface area contributed by atoms with Crippen LogP contribution in [-0.4, -0.2) is 55.5 Å². The van der Waals surface area contributed by atoms with Gasteiger partial charge in [-0.3, -0.25) is 4.79 Å². The molecule has 0 bridgehead atoms. The number of amides is 3. The molecule has 1 unspecified atom stereocenters. The fourth-order valence-corrected chi connectivity index (χ4v) is 1.80. The van der Waals surface area contributed by atoms with Gasteiger partial charge in [-0.15, -0.1) is 0 Å². The first-order valence-corrected chi connectivity index (χ1v) is 5.73. The molecule has 1 rings (SSSR count). The minimum absolute atomic E-state index is 0.0801. The lowest BCUT2D eigenvalue weighted by molar-refractivity contribution is -0.127. The third-order valence-electron chi connectivity index (χ3n) is 2.83. The predicted molar refractivity (Wildman–Crippen MR) is 62.1 cm³/mol. The highest BCUT2D eigenvalue weighted by molar-refractivity contribution is 5.83. The number of nitrogens with one attached hydrogen (secondary N) is 1. The highest BCUT2D eigenvalue weighted by Crippen LogP contribution is 2.14. The molecule has 5 nitrogen and oxygen atoms in total. The quantitative estimate of drug-likeness (QED) is 0.747. The van der Waals surface area contributed by atoms with Gasteiger partial charge in [-0.1, -0.05) is 6.92 Å². The maximum Gasteiger partial charge on any atom is 0.317 e. The Labute approximate surface area is 96.8 Å². The zero-order chi connectivity index (χ0) is 12.1. The third-order valence-corrected chi connectivity index (χ3v) is 2.83. The monoisotopic (exact) mass is 227 g/mol. The second-order valence-corrected chi connectivity index (χ2v) is 4.64. The van der Waals surface area contributed by atoms with Gasteiger partial charge in [0.1, 0.15) is 0 Å². The van der Waals surface area contributed by atoms with Gasteiger partial charge in [0.25, 0.3) is 0 Å². The molecule has 0 aliphatic carbocycles. The first-order chi connectivity index (χ1) is 7.50. The molecule has 0 aromatic carbocycles. The average Bonchev–Trinajstić information content (AvgIpc) is 2.25. The van der Waals surface area contributed by atoms with Crippen LogP contribution in [0.15, 0.2) is 0 Å². The van der Waals surface area contributed by atoms with Crippen LogP contribution >= 0.6 is 0 Å². The van der Waals surface area contributed by atoms with Gasteiger partial charge in [0.15, 0.2) is 0 Å². The second kappa shape index (κ2) is 5.72. The van der Waals surface area contributed by atoms with E-state index in [1.54, 1.807) is 19.0 Å². The number of hydrogen-bond donors (Lipinski definition) is 1. The van der Waals surface area contributed by atoms with Gasteiger partial charge in [-0.05, 0) is 18.8 Å². The predicted octanol–water partition coefficient (Wildman–Crippen LogP) is 0.516. The van der Waals surface area contributed by atoms with Crippen molar-refractivity contribution in [2.75, 3.05) is 33.7 Å². The summed E-state index contributed by atoms with van der Waals surface area (Å²) in [4.78, 5) is 26.3. The molecule has 1 heterocycles. The Balaban J connectivity index is 2.32. The van der Waals surface area contributed by atoms with Crippen molar-refractivity contribution in [3.63, 3.8) is 0 Å². The zero-order valence-corrected chi connectivity index (χ0v) is 10.3. The van der Waals surface area contributed by atoms with Crippen molar-refractivity contribution < 1.29 is 9.59 Å². The standard InChI is InChI=1S/C11H21N3O2/c1-9-5-4-6-14(8-9)11(16)12-7-10(15)13(2)3/h9H,4-8H2,1-3H3,(H,12,16). The molecule has 0 spiro atoms. The number of likely N-dealkylation sites (tertiary alicyclic amines) is 1. The van der Waals surface area contributed by atoms with Crippen molar-refractivity contribution in [3.05, 3.63) is 0 Å². The number of likely N-dealkylation sites (N-methyl/N-ethyl adjacent to an activating group) is 1. The zero-order valence-electron chi connectivity index (χ0n) is 10.3. The minimum Gasteiger partial charge on any atom is -0.347 e. The fourth-order valence-electron chi connectivity index (χ4n) is 1.80. The number of hydrogen-bond acceptors (Lipinski definition) is 2. The topological polar surface area (TPSA) is 52.7 Å². The van der Waals surface area contributed by atoms with Crippen LogP contribution in [0.2, 0.25) is 0 Å². The van der Waals surface area contributed by atoms with E-state index < -0.39 is 0 Å². The molecular weight excluding hydrogens is 206 g/mol. The lowest BCUT2D eigenvalue weighted by Gasteiger charge is -2.30. The van der Waals surface area contributed by atoms with Crippen molar-refractivity contribution in [2.24, 2.45) is 5.92 Å². The van der Waals surface area contributed by atoms with E-state index in [1.807, 2.05) is 0 Å². The van der Waals surface area contributed by atoms with Crippen molar-refractivity contribution >= 4 is 11.9 Å². The molecule has 16 heavy (non-hydrogen) atoms. The van der Waals surface area contributed by atoms with Crippen LogP contribution < -0.4 is 5.32 Å². The maximum absolute atomic E-state index is 11.7. The summed E-state index contributed by atoms with van der Waals surface area (Å²) >= 11 is 0. The van der Waals surface area contributed by atoms with Gasteiger partial charge in [0.05, 0.1) is 6.54 Å². The summed E-state index contributed by atoms with van der Waals surface area (Å²) in [6.45, 7) is 3.81. The van der Waals surface area contributed by atoms with E-state index in [-0.39, 0.29) is 18.5 Å². The normalized spacial score (nSPS) is 20.4. The van der Waals surface area contributed by atoms with Crippen LogP contribution in [0.4, 0.5) is 4.79 Å². The van der Waals surface area contributed by atoms with Crippen molar-refractivity contribution in [2.45, 2.75) is 19.8 Å². The first-order valence-electron chi connectivity index (χ1n) is 5.73. The van der Waals surface area contributed by atoms with Crippen LogP contribution in [-0.2, 0) is 4.79 Å². The number of carbonyl (C=O) groups excluding carboxylic acids is 2. The minimum atomic E-state index is -0.123. The van der Waals surface area contributed by atoms with Crippen molar-refractivity contribution in [1.82, 2.24) is 15.1 Å². The van der Waals surface area contributed by atoms with E-state index in [0.29, 0.717) is 5.92 Å². The highest BCUT2D eigenvalue weighted by atomic mass is 16.2. The van der Waals surface area contributed by atoms with E-state index in [9.17, 15) is 9.59 Å². The molecule has 0 aromatic heterocycles. The Morgan fingerprint density at radius 2 is 2.12 bits per heavy atom. The van der Waals surface area contributed by atoms with E-state index in [4.69, 9.17) is 0 Å². The molecule has 1 aliphatic rings. The summed E-state index contributed by atoms with van der Waals surface area (Å²) < 4.78 is 0. The summed E-state index contributed by atoms with van der Waals surface area (Å²) in [6, 6.07) is -0.123. The van der Waals surface area contributed by atoms with Gasteiger partial charge in [-0.2, -0.15) is 0 Å². The fraction of sp³-hybridized carbons (Fsp3) is 0.818. The molecular formula is C11H21N3O2. The Morgan fingerprint density at radius 3 is 2.69 bits per heavy atom. The second-order valence-electron chi connectivity index (χ2n) is 4.64. The molecule has 1 aliphatic heterocycles. The molecule has 5 heteroatoms. The highest BCUT2D eigenvalue weighted by Gasteiger charge is 2.21. The van der Waals surface area contributed by atoms with E-state index in [2.05, 4.69) is 12.2 Å². The number of piperidine rings is 1. The first kappa shape index (κ1) is 12.8. The summed E-state index contributed by atoms with van der Waals surface area (Å²) in [5.74, 6) is 0.474. The third kappa shape index (κ3) is 3.72. The summed E-state index contributed by atoms with van der Waals surface area (Å²) in [5.41, 5.74) is 0. The van der Waals surface area contributed by atoms with Crippen LogP contribution in [0.1, 0.15) is 19.8 Å². The molecule has 0 radical (unpaired) electrons. The lowest BCUT2D eigenvalue weighted by Crippen LogP contribution is -2.47. The maximum atomic E-state index is 11.7. The average molecular weight is 227 g/mol. The molecule has 92 valence electrons. The molecule has 1 atom stereocenters. The van der Waals surface area contributed by atoms with Gasteiger partial charge in [0, 0.05) is 27.2 Å². The van der Waals surface area contributed by atoms with Crippen molar-refractivity contribution in [1.29, 1.82) is 0 Å². The van der Waals surface area contributed by atoms with E-state index in [0.717, 1.165) is 19.5 Å². The molecule has 0 saturated carbocycles. The molecule has 1 saturated heterocycles. The van der Waals surface area contributed by atoms with Crippen LogP contribution in [0.5, 0.6) is 0 Å². The largest absolute Gasteiger partial charge is 0.347 e. The van der Waals surface area contributed by atoms with Gasteiger partial charge < -0.3 is 15.1 Å². The Morgan fingerprint density at radius 1 is 1.44 bits per heavy atom. The number of carbonyl (C=O) groups is 2. The Kier molecular flexibility index (Phi) is 4.58.